The van der Waals surface area contributed by atoms with Crippen molar-refractivity contribution in [3.63, 3.8) is 0 Å². The van der Waals surface area contributed by atoms with Gasteiger partial charge in [-0.05, 0) is 30.5 Å². The lowest BCUT2D eigenvalue weighted by atomic mass is 9.97. The lowest BCUT2D eigenvalue weighted by molar-refractivity contribution is -0.196. The van der Waals surface area contributed by atoms with Gasteiger partial charge in [0.25, 0.3) is 0 Å². The summed E-state index contributed by atoms with van der Waals surface area (Å²) in [5.74, 6) is -0.558. The molecule has 7 heteroatoms. The van der Waals surface area contributed by atoms with Gasteiger partial charge in [-0.1, -0.05) is 12.1 Å². The van der Waals surface area contributed by atoms with Crippen molar-refractivity contribution in [1.82, 2.24) is 10.2 Å². The van der Waals surface area contributed by atoms with E-state index in [0.717, 1.165) is 10.5 Å². The van der Waals surface area contributed by atoms with Gasteiger partial charge in [-0.3, -0.25) is 4.79 Å². The summed E-state index contributed by atoms with van der Waals surface area (Å²) >= 11 is 0. The molecule has 1 aliphatic rings. The van der Waals surface area contributed by atoms with Crippen LogP contribution in [0, 0.1) is 11.3 Å². The van der Waals surface area contributed by atoms with Crippen molar-refractivity contribution < 1.29 is 18.0 Å². The second kappa shape index (κ2) is 7.01. The number of nitrogens with zero attached hydrogens (tertiary/aromatic N) is 2. The van der Waals surface area contributed by atoms with E-state index in [0.29, 0.717) is 18.5 Å². The van der Waals surface area contributed by atoms with Crippen molar-refractivity contribution in [2.24, 2.45) is 0 Å². The zero-order valence-electron chi connectivity index (χ0n) is 12.7. The molecule has 0 radical (unpaired) electrons. The third-order valence-electron chi connectivity index (χ3n) is 4.04. The van der Waals surface area contributed by atoms with Crippen LogP contribution in [0.3, 0.4) is 0 Å². The average molecular weight is 325 g/mol. The zero-order chi connectivity index (χ0) is 17.0. The fourth-order valence-corrected chi connectivity index (χ4v) is 2.79. The van der Waals surface area contributed by atoms with E-state index < -0.39 is 18.1 Å². The highest BCUT2D eigenvalue weighted by atomic mass is 19.4. The molecule has 1 aliphatic heterocycles. The number of carbonyl (C=O) groups excluding carboxylic acids is 1. The molecule has 0 aromatic heterocycles. The van der Waals surface area contributed by atoms with Crippen LogP contribution in [-0.2, 0) is 11.3 Å². The average Bonchev–Trinajstić information content (AvgIpc) is 2.52. The van der Waals surface area contributed by atoms with Crippen molar-refractivity contribution in [3.8, 4) is 6.07 Å². The number of alkyl halides is 3. The molecule has 1 amide bonds. The van der Waals surface area contributed by atoms with Gasteiger partial charge >= 0.3 is 6.18 Å². The molecule has 2 atom stereocenters. The molecular formula is C16H18F3N3O. The van der Waals surface area contributed by atoms with E-state index in [9.17, 15) is 18.0 Å². The first-order valence-corrected chi connectivity index (χ1v) is 7.37. The lowest BCUT2D eigenvalue weighted by Gasteiger charge is -2.40. The number of likely N-dealkylation sites (tertiary alicyclic amines) is 1. The number of benzene rings is 1. The van der Waals surface area contributed by atoms with Gasteiger partial charge in [0.15, 0.2) is 0 Å². The monoisotopic (exact) mass is 325 g/mol. The summed E-state index contributed by atoms with van der Waals surface area (Å²) in [6, 6.07) is 7.16. The molecule has 2 unspecified atom stereocenters. The number of hydrogen-bond donors (Lipinski definition) is 1. The number of halogens is 3. The van der Waals surface area contributed by atoms with Gasteiger partial charge in [-0.2, -0.15) is 18.4 Å². The Balaban J connectivity index is 1.94. The van der Waals surface area contributed by atoms with Gasteiger partial charge in [0.2, 0.25) is 5.91 Å². The Labute approximate surface area is 132 Å². The molecule has 23 heavy (non-hydrogen) atoms. The smallest absolute Gasteiger partial charge is 0.329 e. The first kappa shape index (κ1) is 17.3. The number of nitrogens with one attached hydrogen (secondary N) is 1. The maximum Gasteiger partial charge on any atom is 0.408 e. The molecular weight excluding hydrogens is 307 g/mol. The number of nitriles is 1. The Morgan fingerprint density at radius 1 is 1.35 bits per heavy atom. The zero-order valence-corrected chi connectivity index (χ0v) is 12.7. The van der Waals surface area contributed by atoms with Crippen molar-refractivity contribution >= 4 is 5.91 Å². The van der Waals surface area contributed by atoms with Crippen LogP contribution in [0.25, 0.3) is 0 Å². The molecule has 1 aromatic rings. The molecule has 1 saturated heterocycles. The van der Waals surface area contributed by atoms with E-state index >= 15 is 0 Å². The summed E-state index contributed by atoms with van der Waals surface area (Å²) in [7, 11) is 0. The Kier molecular flexibility index (Phi) is 5.26. The van der Waals surface area contributed by atoms with Gasteiger partial charge in [0.1, 0.15) is 6.04 Å². The van der Waals surface area contributed by atoms with Gasteiger partial charge < -0.3 is 10.2 Å². The number of rotatable bonds is 3. The second-order valence-electron chi connectivity index (χ2n) is 5.69. The van der Waals surface area contributed by atoms with Crippen LogP contribution in [0.5, 0.6) is 0 Å². The van der Waals surface area contributed by atoms with Crippen LogP contribution in [0.2, 0.25) is 0 Å². The lowest BCUT2D eigenvalue weighted by Crippen LogP contribution is -2.56. The number of amides is 1. The molecule has 1 heterocycles. The van der Waals surface area contributed by atoms with Crippen LogP contribution in [0.4, 0.5) is 13.2 Å². The van der Waals surface area contributed by atoms with Crippen molar-refractivity contribution in [3.05, 3.63) is 35.4 Å². The first-order valence-electron chi connectivity index (χ1n) is 7.37. The van der Waals surface area contributed by atoms with Crippen molar-refractivity contribution in [1.29, 1.82) is 5.26 Å². The Hall–Kier alpha value is -2.07. The number of carbonyl (C=O) groups is 1. The van der Waals surface area contributed by atoms with Gasteiger partial charge in [-0.15, -0.1) is 0 Å². The molecule has 124 valence electrons. The summed E-state index contributed by atoms with van der Waals surface area (Å²) in [4.78, 5) is 12.4. The van der Waals surface area contributed by atoms with E-state index in [1.807, 2.05) is 6.07 Å². The maximum atomic E-state index is 13.0. The highest BCUT2D eigenvalue weighted by molar-refractivity contribution is 5.74. The van der Waals surface area contributed by atoms with Gasteiger partial charge in [0.05, 0.1) is 11.6 Å². The minimum atomic E-state index is -4.39. The molecule has 4 nitrogen and oxygen atoms in total. The summed E-state index contributed by atoms with van der Waals surface area (Å²) in [5.41, 5.74) is 1.50. The summed E-state index contributed by atoms with van der Waals surface area (Å²) in [6.07, 6.45) is -4.11. The highest BCUT2D eigenvalue weighted by Gasteiger charge is 2.47. The fourth-order valence-electron chi connectivity index (χ4n) is 2.79. The molecule has 0 bridgehead atoms. The van der Waals surface area contributed by atoms with E-state index in [-0.39, 0.29) is 19.0 Å². The first-order chi connectivity index (χ1) is 10.8. The summed E-state index contributed by atoms with van der Waals surface area (Å²) in [6.45, 7) is 1.70. The van der Waals surface area contributed by atoms with Crippen LogP contribution in [0.1, 0.15) is 30.9 Å². The van der Waals surface area contributed by atoms with Gasteiger partial charge in [-0.25, -0.2) is 0 Å². The SMILES string of the molecule is CC(=O)N1CC(NCc2ccc(C#N)cc2)CCC1C(F)(F)F. The molecule has 1 N–H and O–H groups in total. The molecule has 1 aromatic carbocycles. The fraction of sp³-hybridized carbons (Fsp3) is 0.500. The molecule has 1 fully saturated rings. The predicted octanol–water partition coefficient (Wildman–Crippen LogP) is 2.59. The van der Waals surface area contributed by atoms with Crippen LogP contribution in [-0.4, -0.2) is 35.6 Å². The van der Waals surface area contributed by atoms with E-state index in [4.69, 9.17) is 5.26 Å². The maximum absolute atomic E-state index is 13.0. The Morgan fingerprint density at radius 3 is 2.52 bits per heavy atom. The highest BCUT2D eigenvalue weighted by Crippen LogP contribution is 2.32. The third-order valence-corrected chi connectivity index (χ3v) is 4.04. The van der Waals surface area contributed by atoms with Crippen molar-refractivity contribution in [2.45, 2.75) is 44.6 Å². The molecule has 0 aliphatic carbocycles. The normalized spacial score (nSPS) is 21.8. The van der Waals surface area contributed by atoms with Crippen LogP contribution < -0.4 is 5.32 Å². The molecule has 0 spiro atoms. The van der Waals surface area contributed by atoms with E-state index in [1.165, 1.54) is 6.92 Å². The van der Waals surface area contributed by atoms with Crippen LogP contribution >= 0.6 is 0 Å². The standard InChI is InChI=1S/C16H18F3N3O/c1-11(23)22-10-14(6-7-15(22)16(17,18)19)21-9-13-4-2-12(8-20)3-5-13/h2-5,14-15,21H,6-7,9-10H2,1H3. The second-order valence-corrected chi connectivity index (χ2v) is 5.69. The minimum Gasteiger partial charge on any atom is -0.329 e. The quantitative estimate of drug-likeness (QED) is 0.929. The van der Waals surface area contributed by atoms with Gasteiger partial charge in [0, 0.05) is 26.1 Å². The predicted molar refractivity (Wildman–Crippen MR) is 78.2 cm³/mol. The van der Waals surface area contributed by atoms with E-state index in [2.05, 4.69) is 5.32 Å². The van der Waals surface area contributed by atoms with Crippen molar-refractivity contribution in [2.75, 3.05) is 6.54 Å². The topological polar surface area (TPSA) is 56.1 Å². The number of hydrogen-bond acceptors (Lipinski definition) is 3. The molecule has 0 saturated carbocycles. The number of piperidine rings is 1. The molecule has 2 rings (SSSR count). The summed E-state index contributed by atoms with van der Waals surface area (Å²) in [5, 5.41) is 11.9. The Bertz CT molecular complexity index is 592. The largest absolute Gasteiger partial charge is 0.408 e. The third kappa shape index (κ3) is 4.45. The van der Waals surface area contributed by atoms with E-state index in [1.54, 1.807) is 24.3 Å². The minimum absolute atomic E-state index is 0.0514. The van der Waals surface area contributed by atoms with Crippen LogP contribution in [0.15, 0.2) is 24.3 Å². The summed E-state index contributed by atoms with van der Waals surface area (Å²) < 4.78 is 38.9. The Morgan fingerprint density at radius 2 is 2.00 bits per heavy atom.